The summed E-state index contributed by atoms with van der Waals surface area (Å²) in [5, 5.41) is 3.55. The van der Waals surface area contributed by atoms with Crippen LogP contribution in [0.5, 0.6) is 0 Å². The molecule has 74 valence electrons. The molecule has 0 radical (unpaired) electrons. The van der Waals surface area contributed by atoms with Gasteiger partial charge in [0.2, 0.25) is 0 Å². The molecule has 1 unspecified atom stereocenters. The zero-order chi connectivity index (χ0) is 10.6. The van der Waals surface area contributed by atoms with Crippen molar-refractivity contribution in [3.63, 3.8) is 0 Å². The van der Waals surface area contributed by atoms with Crippen molar-refractivity contribution in [3.05, 3.63) is 45.6 Å². The van der Waals surface area contributed by atoms with Gasteiger partial charge in [-0.15, -0.1) is 0 Å². The fourth-order valence-electron chi connectivity index (χ4n) is 1.31. The maximum absolute atomic E-state index is 12.9. The molecule has 0 aromatic heterocycles. The van der Waals surface area contributed by atoms with Crippen molar-refractivity contribution in [2.24, 2.45) is 5.11 Å². The number of halogens is 1. The molecular weight excluding hydrogens is 181 g/mol. The monoisotopic (exact) mass is 193 g/mol. The molecule has 3 nitrogen and oxygen atoms in total. The van der Waals surface area contributed by atoms with E-state index in [9.17, 15) is 4.39 Å². The van der Waals surface area contributed by atoms with Crippen LogP contribution in [0.15, 0.2) is 23.3 Å². The van der Waals surface area contributed by atoms with Crippen molar-refractivity contribution in [1.82, 2.24) is 0 Å². The fourth-order valence-corrected chi connectivity index (χ4v) is 1.31. The smallest absolute Gasteiger partial charge is 0.123 e. The van der Waals surface area contributed by atoms with Crippen LogP contribution in [0.3, 0.4) is 0 Å². The van der Waals surface area contributed by atoms with E-state index in [4.69, 9.17) is 5.53 Å². The molecular formula is C10H12FN3. The Balaban J connectivity index is 2.85. The van der Waals surface area contributed by atoms with Crippen molar-refractivity contribution in [3.8, 4) is 0 Å². The second-order valence-corrected chi connectivity index (χ2v) is 3.33. The predicted molar refractivity (Wildman–Crippen MR) is 53.4 cm³/mol. The molecule has 0 aliphatic heterocycles. The number of hydrogen-bond donors (Lipinski definition) is 0. The van der Waals surface area contributed by atoms with Crippen LogP contribution in [-0.2, 0) is 6.42 Å². The van der Waals surface area contributed by atoms with Gasteiger partial charge in [-0.1, -0.05) is 18.1 Å². The highest BCUT2D eigenvalue weighted by Gasteiger charge is 2.04. The van der Waals surface area contributed by atoms with Crippen molar-refractivity contribution in [1.29, 1.82) is 0 Å². The first kappa shape index (κ1) is 10.5. The summed E-state index contributed by atoms with van der Waals surface area (Å²) in [6.45, 7) is 3.72. The van der Waals surface area contributed by atoms with Crippen molar-refractivity contribution in [2.75, 3.05) is 0 Å². The van der Waals surface area contributed by atoms with Crippen LogP contribution in [0.25, 0.3) is 10.4 Å². The van der Waals surface area contributed by atoms with E-state index in [1.165, 1.54) is 12.1 Å². The standard InChI is InChI=1S/C10H12FN3/c1-7-3-4-10(11)6-9(7)5-8(2)13-14-12/h3-4,6,8H,5H2,1-2H3. The second kappa shape index (κ2) is 4.63. The fraction of sp³-hybridized carbons (Fsp3) is 0.400. The lowest BCUT2D eigenvalue weighted by molar-refractivity contribution is 0.621. The maximum Gasteiger partial charge on any atom is 0.123 e. The maximum atomic E-state index is 12.9. The van der Waals surface area contributed by atoms with E-state index in [1.807, 2.05) is 13.8 Å². The normalized spacial score (nSPS) is 11.9. The molecule has 0 saturated carbocycles. The van der Waals surface area contributed by atoms with Crippen LogP contribution in [0.2, 0.25) is 0 Å². The van der Waals surface area contributed by atoms with E-state index in [-0.39, 0.29) is 11.9 Å². The average Bonchev–Trinajstić information content (AvgIpc) is 2.12. The topological polar surface area (TPSA) is 48.8 Å². The number of benzene rings is 1. The molecule has 0 saturated heterocycles. The average molecular weight is 193 g/mol. The van der Waals surface area contributed by atoms with Crippen LogP contribution in [0, 0.1) is 12.7 Å². The first-order chi connectivity index (χ1) is 6.63. The van der Waals surface area contributed by atoms with E-state index in [0.29, 0.717) is 6.42 Å². The largest absolute Gasteiger partial charge is 0.207 e. The van der Waals surface area contributed by atoms with Crippen LogP contribution in [0.1, 0.15) is 18.1 Å². The summed E-state index contributed by atoms with van der Waals surface area (Å²) in [4.78, 5) is 2.72. The summed E-state index contributed by atoms with van der Waals surface area (Å²) in [5.41, 5.74) is 10.1. The molecule has 0 N–H and O–H groups in total. The van der Waals surface area contributed by atoms with E-state index >= 15 is 0 Å². The van der Waals surface area contributed by atoms with E-state index in [1.54, 1.807) is 6.07 Å². The van der Waals surface area contributed by atoms with Gasteiger partial charge in [0.05, 0.1) is 0 Å². The van der Waals surface area contributed by atoms with Gasteiger partial charge in [0, 0.05) is 11.0 Å². The van der Waals surface area contributed by atoms with Gasteiger partial charge >= 0.3 is 0 Å². The minimum atomic E-state index is -0.251. The first-order valence-electron chi connectivity index (χ1n) is 4.42. The molecule has 0 aliphatic rings. The van der Waals surface area contributed by atoms with Gasteiger partial charge in [-0.2, -0.15) is 0 Å². The summed E-state index contributed by atoms with van der Waals surface area (Å²) in [5.74, 6) is -0.251. The molecule has 4 heteroatoms. The van der Waals surface area contributed by atoms with E-state index < -0.39 is 0 Å². The Morgan fingerprint density at radius 1 is 1.57 bits per heavy atom. The third kappa shape index (κ3) is 2.75. The van der Waals surface area contributed by atoms with Gasteiger partial charge in [0.1, 0.15) is 5.82 Å². The highest BCUT2D eigenvalue weighted by molar-refractivity contribution is 5.27. The molecule has 1 aromatic rings. The van der Waals surface area contributed by atoms with Gasteiger partial charge in [0.25, 0.3) is 0 Å². The third-order valence-corrected chi connectivity index (χ3v) is 2.08. The van der Waals surface area contributed by atoms with Gasteiger partial charge in [0.15, 0.2) is 0 Å². The Hall–Kier alpha value is -1.54. The highest BCUT2D eigenvalue weighted by atomic mass is 19.1. The minimum absolute atomic E-state index is 0.138. The van der Waals surface area contributed by atoms with E-state index in [0.717, 1.165) is 11.1 Å². The Labute approximate surface area is 82.2 Å². The Morgan fingerprint density at radius 2 is 2.29 bits per heavy atom. The molecule has 14 heavy (non-hydrogen) atoms. The van der Waals surface area contributed by atoms with Crippen LogP contribution in [0.4, 0.5) is 4.39 Å². The summed E-state index contributed by atoms with van der Waals surface area (Å²) in [6.07, 6.45) is 0.577. The summed E-state index contributed by atoms with van der Waals surface area (Å²) >= 11 is 0. The zero-order valence-electron chi connectivity index (χ0n) is 8.24. The third-order valence-electron chi connectivity index (χ3n) is 2.08. The number of aryl methyl sites for hydroxylation is 1. The molecule has 0 spiro atoms. The van der Waals surface area contributed by atoms with Crippen LogP contribution >= 0.6 is 0 Å². The summed E-state index contributed by atoms with van der Waals surface area (Å²) in [6, 6.07) is 4.50. The molecule has 0 heterocycles. The summed E-state index contributed by atoms with van der Waals surface area (Å²) in [7, 11) is 0. The Bertz CT molecular complexity index is 370. The Morgan fingerprint density at radius 3 is 2.93 bits per heavy atom. The van der Waals surface area contributed by atoms with Gasteiger partial charge in [-0.05, 0) is 42.1 Å². The zero-order valence-corrected chi connectivity index (χ0v) is 8.24. The number of rotatable bonds is 3. The van der Waals surface area contributed by atoms with Crippen molar-refractivity contribution < 1.29 is 4.39 Å². The van der Waals surface area contributed by atoms with E-state index in [2.05, 4.69) is 10.0 Å². The lowest BCUT2D eigenvalue weighted by Crippen LogP contribution is -2.03. The summed E-state index contributed by atoms with van der Waals surface area (Å²) < 4.78 is 12.9. The number of hydrogen-bond acceptors (Lipinski definition) is 1. The SMILES string of the molecule is Cc1ccc(F)cc1CC(C)N=[N+]=[N-]. The molecule has 1 atom stereocenters. The predicted octanol–water partition coefficient (Wildman–Crippen LogP) is 3.38. The molecule has 1 rings (SSSR count). The van der Waals surface area contributed by atoms with Crippen LogP contribution < -0.4 is 0 Å². The number of azide groups is 1. The van der Waals surface area contributed by atoms with Gasteiger partial charge < -0.3 is 0 Å². The van der Waals surface area contributed by atoms with Crippen molar-refractivity contribution >= 4 is 0 Å². The lowest BCUT2D eigenvalue weighted by atomic mass is 10.0. The van der Waals surface area contributed by atoms with Gasteiger partial charge in [-0.25, -0.2) is 4.39 Å². The molecule has 0 fully saturated rings. The van der Waals surface area contributed by atoms with Gasteiger partial charge in [-0.3, -0.25) is 0 Å². The molecule has 0 aliphatic carbocycles. The molecule has 0 bridgehead atoms. The second-order valence-electron chi connectivity index (χ2n) is 3.33. The number of nitrogens with zero attached hydrogens (tertiary/aromatic N) is 3. The minimum Gasteiger partial charge on any atom is -0.207 e. The Kier molecular flexibility index (Phi) is 3.48. The van der Waals surface area contributed by atoms with Crippen molar-refractivity contribution in [2.45, 2.75) is 26.3 Å². The molecule has 1 aromatic carbocycles. The van der Waals surface area contributed by atoms with Crippen LogP contribution in [-0.4, -0.2) is 6.04 Å². The first-order valence-corrected chi connectivity index (χ1v) is 4.42. The lowest BCUT2D eigenvalue weighted by Gasteiger charge is -2.07. The quantitative estimate of drug-likeness (QED) is 0.401. The highest BCUT2D eigenvalue weighted by Crippen LogP contribution is 2.13. The molecule has 0 amide bonds.